The van der Waals surface area contributed by atoms with E-state index in [9.17, 15) is 0 Å². The van der Waals surface area contributed by atoms with Crippen LogP contribution in [0.1, 0.15) is 79.1 Å². The van der Waals surface area contributed by atoms with Gasteiger partial charge in [0, 0.05) is 0 Å². The maximum Gasteiger partial charge on any atom is -0.0295 e. The van der Waals surface area contributed by atoms with Crippen LogP contribution in [0.4, 0.5) is 0 Å². The summed E-state index contributed by atoms with van der Waals surface area (Å²) in [4.78, 5) is 0. The number of hydrogen-bond acceptors (Lipinski definition) is 0. The van der Waals surface area contributed by atoms with E-state index in [1.165, 1.54) is 12.8 Å². The molecule has 0 heteroatoms. The molecule has 20 heavy (non-hydrogen) atoms. The molecule has 6 rings (SSSR count). The number of hydrogen-bond donors (Lipinski definition) is 0. The molecule has 6 aliphatic carbocycles. The van der Waals surface area contributed by atoms with E-state index in [0.29, 0.717) is 10.8 Å². The Morgan fingerprint density at radius 2 is 1.05 bits per heavy atom. The van der Waals surface area contributed by atoms with E-state index in [-0.39, 0.29) is 0 Å². The van der Waals surface area contributed by atoms with Crippen LogP contribution in [0.15, 0.2) is 0 Å². The minimum Gasteiger partial charge on any atom is -0.0594 e. The standard InChI is InChI=1S/C20H34/c1-19(2)15-9-7-13(17(19)11-15)5-6-14-8-10-16-12-18(14)20(16,3)4/h13-18H,5-12H2,1-4H3. The molecule has 0 nitrogen and oxygen atoms in total. The van der Waals surface area contributed by atoms with E-state index in [2.05, 4.69) is 27.7 Å². The van der Waals surface area contributed by atoms with Crippen molar-refractivity contribution in [3.63, 3.8) is 0 Å². The van der Waals surface area contributed by atoms with Crippen LogP contribution in [0.5, 0.6) is 0 Å². The summed E-state index contributed by atoms with van der Waals surface area (Å²) in [5.41, 5.74) is 1.38. The Balaban J connectivity index is 1.35. The zero-order valence-electron chi connectivity index (χ0n) is 14.1. The highest BCUT2D eigenvalue weighted by Crippen LogP contribution is 2.64. The third kappa shape index (κ3) is 1.72. The third-order valence-corrected chi connectivity index (χ3v) is 8.91. The maximum absolute atomic E-state index is 2.55. The van der Waals surface area contributed by atoms with E-state index < -0.39 is 0 Å². The van der Waals surface area contributed by atoms with Crippen molar-refractivity contribution >= 4 is 0 Å². The Hall–Kier alpha value is 0. The van der Waals surface area contributed by atoms with Crippen molar-refractivity contribution in [1.29, 1.82) is 0 Å². The topological polar surface area (TPSA) is 0 Å². The van der Waals surface area contributed by atoms with Crippen molar-refractivity contribution in [2.75, 3.05) is 0 Å². The summed E-state index contributed by atoms with van der Waals surface area (Å²) >= 11 is 0. The number of rotatable bonds is 3. The first-order valence-corrected chi connectivity index (χ1v) is 9.40. The van der Waals surface area contributed by atoms with Crippen LogP contribution in [0.2, 0.25) is 0 Å². The molecule has 0 heterocycles. The van der Waals surface area contributed by atoms with Gasteiger partial charge in [0.25, 0.3) is 0 Å². The molecule has 6 saturated carbocycles. The van der Waals surface area contributed by atoms with Crippen LogP contribution < -0.4 is 0 Å². The van der Waals surface area contributed by atoms with Crippen molar-refractivity contribution in [3.8, 4) is 0 Å². The maximum atomic E-state index is 2.55. The molecule has 0 aromatic carbocycles. The molecule has 0 spiro atoms. The Kier molecular flexibility index (Phi) is 2.91. The van der Waals surface area contributed by atoms with Crippen molar-refractivity contribution in [2.24, 2.45) is 46.3 Å². The average molecular weight is 274 g/mol. The van der Waals surface area contributed by atoms with Gasteiger partial charge in [0.15, 0.2) is 0 Å². The van der Waals surface area contributed by atoms with Crippen molar-refractivity contribution < 1.29 is 0 Å². The molecule has 6 fully saturated rings. The van der Waals surface area contributed by atoms with Crippen LogP contribution in [-0.2, 0) is 0 Å². The predicted octanol–water partition coefficient (Wildman–Crippen LogP) is 5.91. The molecule has 0 saturated heterocycles. The van der Waals surface area contributed by atoms with Gasteiger partial charge in [0.2, 0.25) is 0 Å². The van der Waals surface area contributed by atoms with Gasteiger partial charge in [-0.15, -0.1) is 0 Å². The normalized spacial score (nSPS) is 51.0. The molecule has 114 valence electrons. The lowest BCUT2D eigenvalue weighted by molar-refractivity contribution is -0.123. The first-order valence-electron chi connectivity index (χ1n) is 9.40. The molecular formula is C20H34. The first-order chi connectivity index (χ1) is 9.40. The summed E-state index contributed by atoms with van der Waals surface area (Å²) < 4.78 is 0. The molecule has 0 N–H and O–H groups in total. The monoisotopic (exact) mass is 274 g/mol. The average Bonchev–Trinajstić information content (AvgIpc) is 2.45. The largest absolute Gasteiger partial charge is 0.0594 e. The highest BCUT2D eigenvalue weighted by Gasteiger charge is 2.56. The van der Waals surface area contributed by atoms with Crippen LogP contribution in [0.3, 0.4) is 0 Å². The molecule has 0 aliphatic heterocycles. The molecule has 4 bridgehead atoms. The summed E-state index contributed by atoms with van der Waals surface area (Å²) in [7, 11) is 0. The van der Waals surface area contributed by atoms with Crippen LogP contribution in [0.25, 0.3) is 0 Å². The van der Waals surface area contributed by atoms with E-state index in [0.717, 1.165) is 35.5 Å². The summed E-state index contributed by atoms with van der Waals surface area (Å²) in [6.45, 7) is 10.2. The lowest BCUT2D eigenvalue weighted by Gasteiger charge is -2.62. The predicted molar refractivity (Wildman–Crippen MR) is 85.4 cm³/mol. The zero-order chi connectivity index (χ0) is 14.1. The van der Waals surface area contributed by atoms with Gasteiger partial charge in [0.05, 0.1) is 0 Å². The summed E-state index contributed by atoms with van der Waals surface area (Å²) in [5, 5.41) is 0. The Bertz CT molecular complexity index is 349. The Morgan fingerprint density at radius 1 is 0.650 bits per heavy atom. The smallest absolute Gasteiger partial charge is 0.0295 e. The molecule has 6 unspecified atom stereocenters. The fraction of sp³-hybridized carbons (Fsp3) is 1.00. The van der Waals surface area contributed by atoms with E-state index in [4.69, 9.17) is 0 Å². The van der Waals surface area contributed by atoms with Crippen molar-refractivity contribution in [3.05, 3.63) is 0 Å². The second kappa shape index (κ2) is 4.26. The quantitative estimate of drug-likeness (QED) is 0.600. The Morgan fingerprint density at radius 3 is 1.35 bits per heavy atom. The van der Waals surface area contributed by atoms with E-state index in [1.807, 2.05) is 0 Å². The summed E-state index contributed by atoms with van der Waals surface area (Å²) in [5.74, 6) is 6.46. The summed E-state index contributed by atoms with van der Waals surface area (Å²) in [6, 6.07) is 0. The highest BCUT2D eigenvalue weighted by atomic mass is 14.6. The van der Waals surface area contributed by atoms with Gasteiger partial charge >= 0.3 is 0 Å². The molecule has 6 atom stereocenters. The molecular weight excluding hydrogens is 240 g/mol. The molecule has 6 aliphatic rings. The van der Waals surface area contributed by atoms with Gasteiger partial charge in [-0.2, -0.15) is 0 Å². The number of fused-ring (bicyclic) bond motifs is 4. The SMILES string of the molecule is CC1(C)C2CCC(CCC3CCC4CC3C4(C)C)C1C2. The zero-order valence-corrected chi connectivity index (χ0v) is 14.1. The van der Waals surface area contributed by atoms with Gasteiger partial charge in [-0.05, 0) is 97.7 Å². The van der Waals surface area contributed by atoms with Crippen LogP contribution in [-0.4, -0.2) is 0 Å². The first kappa shape index (κ1) is 13.6. The lowest BCUT2D eigenvalue weighted by atomic mass is 9.43. The minimum atomic E-state index is 0.691. The van der Waals surface area contributed by atoms with E-state index >= 15 is 0 Å². The van der Waals surface area contributed by atoms with Gasteiger partial charge in [-0.3, -0.25) is 0 Å². The second-order valence-electron chi connectivity index (χ2n) is 9.97. The minimum absolute atomic E-state index is 0.691. The summed E-state index contributed by atoms with van der Waals surface area (Å²) in [6.07, 6.45) is 12.4. The van der Waals surface area contributed by atoms with E-state index in [1.54, 1.807) is 38.5 Å². The molecule has 0 amide bonds. The highest BCUT2D eigenvalue weighted by molar-refractivity contribution is 5.05. The second-order valence-corrected chi connectivity index (χ2v) is 9.97. The fourth-order valence-corrected chi connectivity index (χ4v) is 7.04. The third-order valence-electron chi connectivity index (χ3n) is 8.91. The molecule has 0 aromatic heterocycles. The van der Waals surface area contributed by atoms with Crippen LogP contribution in [0, 0.1) is 46.3 Å². The van der Waals surface area contributed by atoms with Crippen molar-refractivity contribution in [2.45, 2.75) is 79.1 Å². The molecule has 0 aromatic rings. The van der Waals surface area contributed by atoms with Gasteiger partial charge in [-0.1, -0.05) is 27.7 Å². The Labute approximate surface area is 126 Å². The van der Waals surface area contributed by atoms with Gasteiger partial charge < -0.3 is 0 Å². The molecule has 0 radical (unpaired) electrons. The van der Waals surface area contributed by atoms with Crippen molar-refractivity contribution in [1.82, 2.24) is 0 Å². The fourth-order valence-electron chi connectivity index (χ4n) is 7.04. The van der Waals surface area contributed by atoms with Crippen LogP contribution >= 0.6 is 0 Å². The lowest BCUT2D eigenvalue weighted by Crippen LogP contribution is -2.53. The van der Waals surface area contributed by atoms with Gasteiger partial charge in [-0.25, -0.2) is 0 Å². The van der Waals surface area contributed by atoms with Gasteiger partial charge in [0.1, 0.15) is 0 Å².